The number of esters is 1. The molecular formula is C23H28N2O5. The fraction of sp³-hybridized carbons (Fsp3) is 0.348. The van der Waals surface area contributed by atoms with Crippen LogP contribution in [0.2, 0.25) is 0 Å². The number of phenolic OH excluding ortho intramolecular Hbond substituents is 1. The van der Waals surface area contributed by atoms with E-state index in [0.29, 0.717) is 16.8 Å². The fourth-order valence-electron chi connectivity index (χ4n) is 2.85. The number of rotatable bonds is 7. The number of carbonyl (C=O) groups excluding carboxylic acids is 3. The zero-order valence-corrected chi connectivity index (χ0v) is 17.9. The number of primary amides is 1. The van der Waals surface area contributed by atoms with Crippen LogP contribution in [0.4, 0.5) is 5.69 Å². The van der Waals surface area contributed by atoms with Crippen LogP contribution in [0.15, 0.2) is 36.4 Å². The number of amides is 2. The molecule has 0 heterocycles. The number of nitrogens with two attached hydrogens (primary N) is 1. The molecule has 1 atom stereocenters. The molecule has 0 bridgehead atoms. The van der Waals surface area contributed by atoms with Gasteiger partial charge in [0.05, 0.1) is 0 Å². The smallest absolute Gasteiger partial charge is 0.342 e. The Morgan fingerprint density at radius 2 is 1.57 bits per heavy atom. The van der Waals surface area contributed by atoms with Gasteiger partial charge in [0.1, 0.15) is 11.3 Å². The number of hydrogen-bond acceptors (Lipinski definition) is 5. The Kier molecular flexibility index (Phi) is 7.21. The normalized spacial score (nSPS) is 12.0. The number of benzene rings is 2. The van der Waals surface area contributed by atoms with Crippen LogP contribution in [0.5, 0.6) is 5.75 Å². The minimum Gasteiger partial charge on any atom is -0.507 e. The van der Waals surface area contributed by atoms with E-state index in [1.165, 1.54) is 31.2 Å². The van der Waals surface area contributed by atoms with Gasteiger partial charge in [-0.1, -0.05) is 33.8 Å². The van der Waals surface area contributed by atoms with Crippen molar-refractivity contribution < 1.29 is 24.2 Å². The first-order chi connectivity index (χ1) is 14.0. The molecule has 0 saturated carbocycles. The van der Waals surface area contributed by atoms with E-state index in [1.807, 2.05) is 33.8 Å². The van der Waals surface area contributed by atoms with Gasteiger partial charge in [0, 0.05) is 11.3 Å². The maximum absolute atomic E-state index is 12.7. The molecule has 0 radical (unpaired) electrons. The third-order valence-electron chi connectivity index (χ3n) is 4.76. The van der Waals surface area contributed by atoms with Gasteiger partial charge in [0.25, 0.3) is 5.91 Å². The SMILES string of the molecule is CC(C)c1cc(C(=O)O[C@@H](C)C(=O)Nc2ccc(C(N)=O)cc2)c(O)c(C(C)C)c1. The molecule has 0 unspecified atom stereocenters. The molecule has 0 aromatic heterocycles. The van der Waals surface area contributed by atoms with Crippen molar-refractivity contribution in [3.8, 4) is 5.75 Å². The summed E-state index contributed by atoms with van der Waals surface area (Å²) in [6.45, 7) is 9.27. The van der Waals surface area contributed by atoms with Gasteiger partial charge in [0.2, 0.25) is 5.91 Å². The van der Waals surface area contributed by atoms with E-state index in [-0.39, 0.29) is 23.1 Å². The number of ether oxygens (including phenoxy) is 1. The van der Waals surface area contributed by atoms with Crippen LogP contribution in [-0.4, -0.2) is 29.0 Å². The molecule has 0 aliphatic heterocycles. The first kappa shape index (κ1) is 22.9. The van der Waals surface area contributed by atoms with Crippen molar-refractivity contribution >= 4 is 23.5 Å². The second-order valence-electron chi connectivity index (χ2n) is 7.79. The zero-order valence-electron chi connectivity index (χ0n) is 17.9. The fourth-order valence-corrected chi connectivity index (χ4v) is 2.85. The Morgan fingerprint density at radius 3 is 2.07 bits per heavy atom. The molecule has 160 valence electrons. The molecule has 0 fully saturated rings. The minimum atomic E-state index is -1.10. The van der Waals surface area contributed by atoms with E-state index in [0.717, 1.165) is 5.56 Å². The Bertz CT molecular complexity index is 949. The molecule has 2 rings (SSSR count). The molecule has 7 heteroatoms. The van der Waals surface area contributed by atoms with Crippen LogP contribution in [0.1, 0.15) is 78.3 Å². The molecular weight excluding hydrogens is 384 g/mol. The summed E-state index contributed by atoms with van der Waals surface area (Å²) in [5, 5.41) is 13.2. The van der Waals surface area contributed by atoms with Crippen molar-refractivity contribution in [2.45, 2.75) is 52.6 Å². The number of phenols is 1. The van der Waals surface area contributed by atoms with Gasteiger partial charge in [-0.05, 0) is 60.2 Å². The second-order valence-corrected chi connectivity index (χ2v) is 7.79. The van der Waals surface area contributed by atoms with Gasteiger partial charge in [0.15, 0.2) is 6.10 Å². The Balaban J connectivity index is 2.16. The Hall–Kier alpha value is -3.35. The lowest BCUT2D eigenvalue weighted by atomic mass is 9.92. The Morgan fingerprint density at radius 1 is 0.967 bits per heavy atom. The summed E-state index contributed by atoms with van der Waals surface area (Å²) < 4.78 is 5.30. The third kappa shape index (κ3) is 5.37. The topological polar surface area (TPSA) is 119 Å². The predicted octanol–water partition coefficient (Wildman–Crippen LogP) is 3.92. The second kappa shape index (κ2) is 9.43. The summed E-state index contributed by atoms with van der Waals surface area (Å²) in [6.07, 6.45) is -1.10. The maximum Gasteiger partial charge on any atom is 0.342 e. The monoisotopic (exact) mass is 412 g/mol. The minimum absolute atomic E-state index is 0.0133. The zero-order chi connectivity index (χ0) is 22.6. The number of aromatic hydroxyl groups is 1. The lowest BCUT2D eigenvalue weighted by Crippen LogP contribution is -2.30. The molecule has 7 nitrogen and oxygen atoms in total. The third-order valence-corrected chi connectivity index (χ3v) is 4.76. The van der Waals surface area contributed by atoms with Crippen molar-refractivity contribution in [1.29, 1.82) is 0 Å². The molecule has 4 N–H and O–H groups in total. The summed E-state index contributed by atoms with van der Waals surface area (Å²) in [4.78, 5) is 36.2. The maximum atomic E-state index is 12.7. The van der Waals surface area contributed by atoms with Crippen molar-refractivity contribution in [3.05, 3.63) is 58.7 Å². The first-order valence-electron chi connectivity index (χ1n) is 9.79. The van der Waals surface area contributed by atoms with Crippen molar-refractivity contribution in [2.75, 3.05) is 5.32 Å². The van der Waals surface area contributed by atoms with Crippen LogP contribution >= 0.6 is 0 Å². The Labute approximate surface area is 176 Å². The summed E-state index contributed by atoms with van der Waals surface area (Å²) in [7, 11) is 0. The standard InChI is InChI=1S/C23H28N2O5/c1-12(2)16-10-18(13(3)4)20(26)19(11-16)23(29)30-14(5)22(28)25-17-8-6-15(7-9-17)21(24)27/h6-14,26H,1-5H3,(H2,24,27)(H,25,28)/t14-/m0/s1. The van der Waals surface area contributed by atoms with E-state index in [9.17, 15) is 19.5 Å². The number of anilines is 1. The summed E-state index contributed by atoms with van der Waals surface area (Å²) in [5.41, 5.74) is 7.52. The number of carbonyl (C=O) groups is 3. The molecule has 2 amide bonds. The van der Waals surface area contributed by atoms with Crippen molar-refractivity contribution in [3.63, 3.8) is 0 Å². The highest BCUT2D eigenvalue weighted by Gasteiger charge is 2.24. The van der Waals surface area contributed by atoms with Gasteiger partial charge in [-0.15, -0.1) is 0 Å². The van der Waals surface area contributed by atoms with E-state index in [4.69, 9.17) is 10.5 Å². The molecule has 0 spiro atoms. The molecule has 2 aromatic rings. The summed E-state index contributed by atoms with van der Waals surface area (Å²) in [5.74, 6) is -1.85. The van der Waals surface area contributed by atoms with Crippen LogP contribution in [0.25, 0.3) is 0 Å². The molecule has 0 aliphatic rings. The molecule has 2 aromatic carbocycles. The quantitative estimate of drug-likeness (QED) is 0.596. The number of nitrogens with one attached hydrogen (secondary N) is 1. The molecule has 30 heavy (non-hydrogen) atoms. The van der Waals surface area contributed by atoms with E-state index in [2.05, 4.69) is 5.32 Å². The molecule has 0 saturated heterocycles. The van der Waals surface area contributed by atoms with Gasteiger partial charge in [-0.3, -0.25) is 9.59 Å². The lowest BCUT2D eigenvalue weighted by Gasteiger charge is -2.18. The highest BCUT2D eigenvalue weighted by molar-refractivity contribution is 5.99. The van der Waals surface area contributed by atoms with Gasteiger partial charge >= 0.3 is 5.97 Å². The van der Waals surface area contributed by atoms with E-state index in [1.54, 1.807) is 6.07 Å². The van der Waals surface area contributed by atoms with Gasteiger partial charge in [-0.2, -0.15) is 0 Å². The largest absolute Gasteiger partial charge is 0.507 e. The van der Waals surface area contributed by atoms with Crippen molar-refractivity contribution in [2.24, 2.45) is 5.73 Å². The average molecular weight is 412 g/mol. The molecule has 0 aliphatic carbocycles. The average Bonchev–Trinajstić information content (AvgIpc) is 2.67. The van der Waals surface area contributed by atoms with Crippen molar-refractivity contribution in [1.82, 2.24) is 0 Å². The summed E-state index contributed by atoms with van der Waals surface area (Å²) in [6, 6.07) is 9.50. The van der Waals surface area contributed by atoms with Gasteiger partial charge in [-0.25, -0.2) is 4.79 Å². The first-order valence-corrected chi connectivity index (χ1v) is 9.79. The van der Waals surface area contributed by atoms with Crippen LogP contribution in [0.3, 0.4) is 0 Å². The summed E-state index contributed by atoms with van der Waals surface area (Å²) >= 11 is 0. The highest BCUT2D eigenvalue weighted by atomic mass is 16.5. The number of hydrogen-bond donors (Lipinski definition) is 3. The predicted molar refractivity (Wildman–Crippen MR) is 115 cm³/mol. The highest BCUT2D eigenvalue weighted by Crippen LogP contribution is 2.33. The lowest BCUT2D eigenvalue weighted by molar-refractivity contribution is -0.123. The van der Waals surface area contributed by atoms with Crippen LogP contribution < -0.4 is 11.1 Å². The van der Waals surface area contributed by atoms with Crippen LogP contribution in [0, 0.1) is 0 Å². The van der Waals surface area contributed by atoms with E-state index >= 15 is 0 Å². The van der Waals surface area contributed by atoms with Gasteiger partial charge < -0.3 is 20.9 Å². The van der Waals surface area contributed by atoms with Crippen LogP contribution in [-0.2, 0) is 9.53 Å². The van der Waals surface area contributed by atoms with E-state index < -0.39 is 23.9 Å².